The van der Waals surface area contributed by atoms with Crippen molar-refractivity contribution in [1.29, 1.82) is 0 Å². The van der Waals surface area contributed by atoms with Crippen LogP contribution in [0, 0.1) is 0 Å². The number of piperidine rings is 1. The van der Waals surface area contributed by atoms with Gasteiger partial charge in [-0.25, -0.2) is 0 Å². The molecule has 0 amide bonds. The van der Waals surface area contributed by atoms with Gasteiger partial charge in [0.2, 0.25) is 0 Å². The van der Waals surface area contributed by atoms with Gasteiger partial charge in [-0.1, -0.05) is 17.7 Å². The highest BCUT2D eigenvalue weighted by Gasteiger charge is 2.33. The number of benzene rings is 1. The zero-order valence-corrected chi connectivity index (χ0v) is 10.0. The molecule has 2 N–H and O–H groups in total. The molecule has 2 bridgehead atoms. The number of fused-ring (bicyclic) bond motifs is 2. The van der Waals surface area contributed by atoms with Crippen molar-refractivity contribution in [3.8, 4) is 0 Å². The van der Waals surface area contributed by atoms with Crippen LogP contribution in [0.25, 0.3) is 0 Å². The van der Waals surface area contributed by atoms with E-state index in [-0.39, 0.29) is 0 Å². The molecule has 2 saturated heterocycles. The van der Waals surface area contributed by atoms with Crippen molar-refractivity contribution in [2.75, 3.05) is 5.32 Å². The van der Waals surface area contributed by atoms with E-state index < -0.39 is 0 Å². The van der Waals surface area contributed by atoms with E-state index in [0.29, 0.717) is 6.04 Å². The molecule has 2 fully saturated rings. The number of halogens is 1. The van der Waals surface area contributed by atoms with Gasteiger partial charge in [0.25, 0.3) is 0 Å². The maximum atomic E-state index is 5.98. The third-order valence-electron chi connectivity index (χ3n) is 3.67. The zero-order chi connectivity index (χ0) is 11.0. The molecular weight excluding hydrogens is 220 g/mol. The van der Waals surface area contributed by atoms with Gasteiger partial charge in [-0.2, -0.15) is 0 Å². The topological polar surface area (TPSA) is 24.1 Å². The molecule has 0 aromatic heterocycles. The Labute approximate surface area is 101 Å². The van der Waals surface area contributed by atoms with E-state index in [1.165, 1.54) is 25.7 Å². The van der Waals surface area contributed by atoms with Gasteiger partial charge >= 0.3 is 0 Å². The van der Waals surface area contributed by atoms with Crippen LogP contribution >= 0.6 is 11.6 Å². The van der Waals surface area contributed by atoms with E-state index in [4.69, 9.17) is 11.6 Å². The van der Waals surface area contributed by atoms with Crippen molar-refractivity contribution in [2.45, 2.75) is 43.8 Å². The van der Waals surface area contributed by atoms with Crippen molar-refractivity contribution in [2.24, 2.45) is 0 Å². The second-order valence-electron chi connectivity index (χ2n) is 4.96. The number of nitrogens with one attached hydrogen (secondary N) is 2. The van der Waals surface area contributed by atoms with Gasteiger partial charge in [0.15, 0.2) is 0 Å². The van der Waals surface area contributed by atoms with Crippen molar-refractivity contribution in [1.82, 2.24) is 5.32 Å². The first-order valence-electron chi connectivity index (χ1n) is 6.08. The Kier molecular flexibility index (Phi) is 2.78. The van der Waals surface area contributed by atoms with E-state index >= 15 is 0 Å². The second kappa shape index (κ2) is 4.27. The molecule has 1 aromatic rings. The second-order valence-corrected chi connectivity index (χ2v) is 5.40. The fourth-order valence-corrected chi connectivity index (χ4v) is 3.18. The Hall–Kier alpha value is -0.730. The summed E-state index contributed by atoms with van der Waals surface area (Å²) >= 11 is 5.98. The van der Waals surface area contributed by atoms with Crippen LogP contribution in [-0.4, -0.2) is 18.1 Å². The summed E-state index contributed by atoms with van der Waals surface area (Å²) in [6.45, 7) is 0. The van der Waals surface area contributed by atoms with Gasteiger partial charge in [0.05, 0.1) is 0 Å². The van der Waals surface area contributed by atoms with Gasteiger partial charge in [-0.15, -0.1) is 0 Å². The van der Waals surface area contributed by atoms with Gasteiger partial charge in [0, 0.05) is 28.8 Å². The fourth-order valence-electron chi connectivity index (χ4n) is 2.99. The molecule has 2 aliphatic heterocycles. The fraction of sp³-hybridized carbons (Fsp3) is 0.538. The standard InChI is InChI=1S/C13H17ClN2/c14-9-2-1-3-10(6-9)16-13-7-11-4-5-12(8-13)15-11/h1-3,6,11-13,15-16H,4-5,7-8H2. The average molecular weight is 237 g/mol. The van der Waals surface area contributed by atoms with Crippen LogP contribution < -0.4 is 10.6 Å². The lowest BCUT2D eigenvalue weighted by Gasteiger charge is -2.30. The molecule has 16 heavy (non-hydrogen) atoms. The Balaban J connectivity index is 1.67. The van der Waals surface area contributed by atoms with Crippen LogP contribution in [-0.2, 0) is 0 Å². The first-order chi connectivity index (χ1) is 7.79. The van der Waals surface area contributed by atoms with Crippen LogP contribution in [0.15, 0.2) is 24.3 Å². The van der Waals surface area contributed by atoms with Crippen molar-refractivity contribution >= 4 is 17.3 Å². The van der Waals surface area contributed by atoms with Gasteiger partial charge in [0.1, 0.15) is 0 Å². The predicted octanol–water partition coefficient (Wildman–Crippen LogP) is 3.03. The third kappa shape index (κ3) is 2.18. The van der Waals surface area contributed by atoms with E-state index in [0.717, 1.165) is 22.8 Å². The van der Waals surface area contributed by atoms with Crippen LogP contribution in [0.3, 0.4) is 0 Å². The van der Waals surface area contributed by atoms with E-state index in [2.05, 4.69) is 16.7 Å². The molecule has 0 radical (unpaired) electrons. The lowest BCUT2D eigenvalue weighted by atomic mass is 9.99. The molecular formula is C13H17ClN2. The maximum Gasteiger partial charge on any atom is 0.0426 e. The summed E-state index contributed by atoms with van der Waals surface area (Å²) in [5, 5.41) is 8.06. The van der Waals surface area contributed by atoms with Crippen molar-refractivity contribution < 1.29 is 0 Å². The molecule has 0 spiro atoms. The van der Waals surface area contributed by atoms with Crippen LogP contribution in [0.1, 0.15) is 25.7 Å². The van der Waals surface area contributed by atoms with E-state index in [1.807, 2.05) is 18.2 Å². The molecule has 0 aliphatic carbocycles. The molecule has 2 atom stereocenters. The minimum atomic E-state index is 0.609. The van der Waals surface area contributed by atoms with Crippen LogP contribution in [0.4, 0.5) is 5.69 Å². The Morgan fingerprint density at radius 3 is 2.62 bits per heavy atom. The molecule has 2 aliphatic rings. The Bertz CT molecular complexity index is 368. The van der Waals surface area contributed by atoms with Gasteiger partial charge in [-0.3, -0.25) is 0 Å². The highest BCUT2D eigenvalue weighted by Crippen LogP contribution is 2.29. The number of anilines is 1. The Morgan fingerprint density at radius 1 is 1.19 bits per heavy atom. The summed E-state index contributed by atoms with van der Waals surface area (Å²) in [4.78, 5) is 0. The predicted molar refractivity (Wildman–Crippen MR) is 68.0 cm³/mol. The summed E-state index contributed by atoms with van der Waals surface area (Å²) in [5.41, 5.74) is 1.15. The normalized spacial score (nSPS) is 32.7. The SMILES string of the molecule is Clc1cccc(NC2CC3CCC(C2)N3)c1. The van der Waals surface area contributed by atoms with E-state index in [1.54, 1.807) is 0 Å². The van der Waals surface area contributed by atoms with Crippen LogP contribution in [0.5, 0.6) is 0 Å². The molecule has 1 aromatic carbocycles. The lowest BCUT2D eigenvalue weighted by Crippen LogP contribution is -2.43. The highest BCUT2D eigenvalue weighted by atomic mass is 35.5. The largest absolute Gasteiger partial charge is 0.382 e. The molecule has 86 valence electrons. The van der Waals surface area contributed by atoms with Gasteiger partial charge in [-0.05, 0) is 43.9 Å². The quantitative estimate of drug-likeness (QED) is 0.825. The van der Waals surface area contributed by atoms with Gasteiger partial charge < -0.3 is 10.6 Å². The molecule has 3 rings (SSSR count). The van der Waals surface area contributed by atoms with E-state index in [9.17, 15) is 0 Å². The molecule has 2 heterocycles. The third-order valence-corrected chi connectivity index (χ3v) is 3.90. The molecule has 0 saturated carbocycles. The maximum absolute atomic E-state index is 5.98. The summed E-state index contributed by atoms with van der Waals surface area (Å²) in [6, 6.07) is 10.1. The minimum Gasteiger partial charge on any atom is -0.382 e. The summed E-state index contributed by atoms with van der Waals surface area (Å²) in [5.74, 6) is 0. The minimum absolute atomic E-state index is 0.609. The lowest BCUT2D eigenvalue weighted by molar-refractivity contribution is 0.378. The molecule has 2 unspecified atom stereocenters. The van der Waals surface area contributed by atoms with Crippen LogP contribution in [0.2, 0.25) is 5.02 Å². The smallest absolute Gasteiger partial charge is 0.0426 e. The first-order valence-corrected chi connectivity index (χ1v) is 6.45. The van der Waals surface area contributed by atoms with Crippen molar-refractivity contribution in [3.05, 3.63) is 29.3 Å². The first kappa shape index (κ1) is 10.4. The Morgan fingerprint density at radius 2 is 1.94 bits per heavy atom. The summed E-state index contributed by atoms with van der Waals surface area (Å²) in [7, 11) is 0. The monoisotopic (exact) mass is 236 g/mol. The highest BCUT2D eigenvalue weighted by molar-refractivity contribution is 6.30. The number of hydrogen-bond donors (Lipinski definition) is 2. The summed E-state index contributed by atoms with van der Waals surface area (Å²) < 4.78 is 0. The zero-order valence-electron chi connectivity index (χ0n) is 9.25. The number of rotatable bonds is 2. The molecule has 3 heteroatoms. The average Bonchev–Trinajstić information content (AvgIpc) is 2.58. The van der Waals surface area contributed by atoms with Crippen molar-refractivity contribution in [3.63, 3.8) is 0 Å². The molecule has 2 nitrogen and oxygen atoms in total. The number of hydrogen-bond acceptors (Lipinski definition) is 2. The summed E-state index contributed by atoms with van der Waals surface area (Å²) in [6.07, 6.45) is 5.17.